The Bertz CT molecular complexity index is 750. The van der Waals surface area contributed by atoms with E-state index in [4.69, 9.17) is 23.2 Å². The van der Waals surface area contributed by atoms with Gasteiger partial charge in [0.25, 0.3) is 0 Å². The highest BCUT2D eigenvalue weighted by molar-refractivity contribution is 8.15. The molecular formula is C19H23Cl2N3O2S. The molecular weight excluding hydrogens is 405 g/mol. The van der Waals surface area contributed by atoms with Gasteiger partial charge in [0, 0.05) is 24.0 Å². The van der Waals surface area contributed by atoms with Crippen molar-refractivity contribution in [2.45, 2.75) is 56.7 Å². The molecule has 1 aromatic rings. The summed E-state index contributed by atoms with van der Waals surface area (Å²) < 4.78 is 0. The lowest BCUT2D eigenvalue weighted by Crippen LogP contribution is -2.42. The van der Waals surface area contributed by atoms with Gasteiger partial charge in [-0.1, -0.05) is 54.2 Å². The average molecular weight is 428 g/mol. The van der Waals surface area contributed by atoms with Crippen LogP contribution in [-0.2, 0) is 9.59 Å². The number of nitrogens with zero attached hydrogens (tertiary/aromatic N) is 2. The maximum atomic E-state index is 13.0. The van der Waals surface area contributed by atoms with E-state index >= 15 is 0 Å². The zero-order valence-electron chi connectivity index (χ0n) is 15.2. The Kier molecular flexibility index (Phi) is 7.06. The summed E-state index contributed by atoms with van der Waals surface area (Å²) >= 11 is 13.4. The molecule has 8 heteroatoms. The van der Waals surface area contributed by atoms with Gasteiger partial charge in [-0.25, -0.2) is 0 Å². The number of rotatable bonds is 5. The number of carbonyl (C=O) groups excluding carboxylic acids is 2. The molecule has 0 radical (unpaired) electrons. The van der Waals surface area contributed by atoms with Crippen molar-refractivity contribution in [1.82, 2.24) is 4.90 Å². The zero-order valence-corrected chi connectivity index (χ0v) is 17.5. The van der Waals surface area contributed by atoms with Gasteiger partial charge in [-0.15, -0.1) is 0 Å². The van der Waals surface area contributed by atoms with Gasteiger partial charge in [0.15, 0.2) is 5.17 Å². The molecule has 27 heavy (non-hydrogen) atoms. The smallest absolute Gasteiger partial charge is 0.242 e. The van der Waals surface area contributed by atoms with Gasteiger partial charge in [0.2, 0.25) is 11.8 Å². The summed E-state index contributed by atoms with van der Waals surface area (Å²) in [4.78, 5) is 31.8. The number of aliphatic imine (C=N–C) groups is 1. The first-order chi connectivity index (χ1) is 13.0. The van der Waals surface area contributed by atoms with Gasteiger partial charge in [0.1, 0.15) is 5.25 Å². The van der Waals surface area contributed by atoms with Gasteiger partial charge in [-0.05, 0) is 38.0 Å². The molecule has 2 aliphatic rings. The predicted octanol–water partition coefficient (Wildman–Crippen LogP) is 4.97. The molecule has 5 nitrogen and oxygen atoms in total. The molecule has 1 heterocycles. The molecule has 0 unspecified atom stereocenters. The van der Waals surface area contributed by atoms with Crippen molar-refractivity contribution >= 4 is 57.6 Å². The van der Waals surface area contributed by atoms with Crippen molar-refractivity contribution in [2.24, 2.45) is 4.99 Å². The van der Waals surface area contributed by atoms with E-state index in [1.807, 2.05) is 11.8 Å². The first-order valence-corrected chi connectivity index (χ1v) is 10.9. The van der Waals surface area contributed by atoms with Gasteiger partial charge >= 0.3 is 0 Å². The fraction of sp³-hybridized carbons (Fsp3) is 0.526. The maximum absolute atomic E-state index is 13.0. The molecule has 2 fully saturated rings. The predicted molar refractivity (Wildman–Crippen MR) is 113 cm³/mol. The standard InChI is InChI=1S/C19H23Cl2N3O2S/c1-2-22-19-24(13-6-4-3-5-7-13)18(26)16(27-19)11-17(25)23-15-9-8-12(20)10-14(15)21/h8-10,13,16H,2-7,11H2,1H3,(H,23,25)/t16-/m1/s1. The maximum Gasteiger partial charge on any atom is 0.242 e. The number of hydrogen-bond acceptors (Lipinski definition) is 4. The minimum Gasteiger partial charge on any atom is -0.325 e. The lowest BCUT2D eigenvalue weighted by molar-refractivity contribution is -0.130. The number of benzene rings is 1. The quantitative estimate of drug-likeness (QED) is 0.720. The van der Waals surface area contributed by atoms with Crippen LogP contribution in [0.2, 0.25) is 10.0 Å². The Morgan fingerprint density at radius 3 is 2.70 bits per heavy atom. The fourth-order valence-electron chi connectivity index (χ4n) is 3.50. The van der Waals surface area contributed by atoms with Crippen LogP contribution in [0.5, 0.6) is 0 Å². The Morgan fingerprint density at radius 1 is 1.30 bits per heavy atom. The van der Waals surface area contributed by atoms with Crippen LogP contribution in [0.4, 0.5) is 5.69 Å². The Hall–Kier alpha value is -1.24. The van der Waals surface area contributed by atoms with Crippen LogP contribution in [-0.4, -0.2) is 39.7 Å². The topological polar surface area (TPSA) is 61.8 Å². The molecule has 0 aromatic heterocycles. The largest absolute Gasteiger partial charge is 0.325 e. The molecule has 1 aliphatic carbocycles. The van der Waals surface area contributed by atoms with Crippen LogP contribution >= 0.6 is 35.0 Å². The van der Waals surface area contributed by atoms with Gasteiger partial charge in [-0.3, -0.25) is 19.5 Å². The van der Waals surface area contributed by atoms with E-state index in [9.17, 15) is 9.59 Å². The summed E-state index contributed by atoms with van der Waals surface area (Å²) in [5.41, 5.74) is 0.494. The van der Waals surface area contributed by atoms with E-state index < -0.39 is 5.25 Å². The molecule has 0 bridgehead atoms. The molecule has 3 rings (SSSR count). The monoisotopic (exact) mass is 427 g/mol. The number of carbonyl (C=O) groups is 2. The van der Waals surface area contributed by atoms with Gasteiger partial charge < -0.3 is 5.32 Å². The number of nitrogens with one attached hydrogen (secondary N) is 1. The number of thioether (sulfide) groups is 1. The molecule has 1 saturated heterocycles. The Morgan fingerprint density at radius 2 is 2.04 bits per heavy atom. The zero-order chi connectivity index (χ0) is 19.4. The van der Waals surface area contributed by atoms with Crippen molar-refractivity contribution in [1.29, 1.82) is 0 Å². The molecule has 1 atom stereocenters. The lowest BCUT2D eigenvalue weighted by atomic mass is 9.94. The van der Waals surface area contributed by atoms with Crippen LogP contribution < -0.4 is 5.32 Å². The molecule has 1 aromatic carbocycles. The Labute approximate surface area is 173 Å². The number of amides is 2. The van der Waals surface area contributed by atoms with E-state index in [1.165, 1.54) is 18.2 Å². The van der Waals surface area contributed by atoms with Gasteiger partial charge in [0.05, 0.1) is 10.7 Å². The Balaban J connectivity index is 1.68. The van der Waals surface area contributed by atoms with Crippen molar-refractivity contribution in [2.75, 3.05) is 11.9 Å². The second-order valence-electron chi connectivity index (χ2n) is 6.74. The third-order valence-corrected chi connectivity index (χ3v) is 6.51. The number of anilines is 1. The number of halogens is 2. The van der Waals surface area contributed by atoms with Crippen molar-refractivity contribution in [3.63, 3.8) is 0 Å². The van der Waals surface area contributed by atoms with E-state index in [-0.39, 0.29) is 24.3 Å². The van der Waals surface area contributed by atoms with Crippen LogP contribution in [0.3, 0.4) is 0 Å². The second-order valence-corrected chi connectivity index (χ2v) is 8.75. The van der Waals surface area contributed by atoms with Crippen LogP contribution in [0, 0.1) is 0 Å². The van der Waals surface area contributed by atoms with E-state index in [0.29, 0.717) is 22.3 Å². The molecule has 1 saturated carbocycles. The molecule has 1 N–H and O–H groups in total. The summed E-state index contributed by atoms with van der Waals surface area (Å²) in [6.45, 7) is 2.58. The molecule has 146 valence electrons. The molecule has 0 spiro atoms. The van der Waals surface area contributed by atoms with Crippen LogP contribution in [0.1, 0.15) is 45.4 Å². The number of amidine groups is 1. The normalized spacial score (nSPS) is 22.5. The highest BCUT2D eigenvalue weighted by Gasteiger charge is 2.42. The summed E-state index contributed by atoms with van der Waals surface area (Å²) in [7, 11) is 0. The van der Waals surface area contributed by atoms with Crippen LogP contribution in [0.15, 0.2) is 23.2 Å². The first-order valence-electron chi connectivity index (χ1n) is 9.28. The van der Waals surface area contributed by atoms with Crippen LogP contribution in [0.25, 0.3) is 0 Å². The van der Waals surface area contributed by atoms with E-state index in [2.05, 4.69) is 10.3 Å². The minimum atomic E-state index is -0.441. The highest BCUT2D eigenvalue weighted by atomic mass is 35.5. The van der Waals surface area contributed by atoms with Crippen molar-refractivity contribution in [3.05, 3.63) is 28.2 Å². The molecule has 1 aliphatic heterocycles. The summed E-state index contributed by atoms with van der Waals surface area (Å²) in [5, 5.41) is 3.97. The average Bonchev–Trinajstić information content (AvgIpc) is 2.94. The minimum absolute atomic E-state index is 0.00328. The van der Waals surface area contributed by atoms with Gasteiger partial charge in [-0.2, -0.15) is 0 Å². The van der Waals surface area contributed by atoms with Crippen molar-refractivity contribution < 1.29 is 9.59 Å². The second kappa shape index (κ2) is 9.30. The highest BCUT2D eigenvalue weighted by Crippen LogP contribution is 2.35. The first kappa shape index (κ1) is 20.5. The third kappa shape index (κ3) is 4.98. The lowest BCUT2D eigenvalue weighted by Gasteiger charge is -2.30. The van der Waals surface area contributed by atoms with Crippen molar-refractivity contribution in [3.8, 4) is 0 Å². The van der Waals surface area contributed by atoms with E-state index in [1.54, 1.807) is 18.2 Å². The SMILES string of the molecule is CCN=C1S[C@H](CC(=O)Nc2ccc(Cl)cc2Cl)C(=O)N1C1CCCCC1. The van der Waals surface area contributed by atoms with E-state index in [0.717, 1.165) is 30.9 Å². The summed E-state index contributed by atoms with van der Waals surface area (Å²) in [6, 6.07) is 5.10. The third-order valence-electron chi connectivity index (χ3n) is 4.78. The number of hydrogen-bond donors (Lipinski definition) is 1. The molecule has 2 amide bonds. The summed E-state index contributed by atoms with van der Waals surface area (Å²) in [5.74, 6) is -0.247. The summed E-state index contributed by atoms with van der Waals surface area (Å²) in [6.07, 6.45) is 5.61. The fourth-order valence-corrected chi connectivity index (χ4v) is 5.21.